The first kappa shape index (κ1) is 25.4. The molecule has 2 aromatic carbocycles. The van der Waals surface area contributed by atoms with Gasteiger partial charge < -0.3 is 14.7 Å². The van der Waals surface area contributed by atoms with E-state index in [1.807, 2.05) is 49.4 Å². The van der Waals surface area contributed by atoms with Crippen LogP contribution < -0.4 is 4.74 Å². The summed E-state index contributed by atoms with van der Waals surface area (Å²) in [5.41, 5.74) is 1.93. The Kier molecular flexibility index (Phi) is 8.70. The van der Waals surface area contributed by atoms with Crippen LogP contribution in [-0.2, 0) is 10.0 Å². The number of likely N-dealkylation sites (N-methyl/N-ethyl adjacent to an activating group) is 1. The van der Waals surface area contributed by atoms with Crippen molar-refractivity contribution in [2.45, 2.75) is 44.2 Å². The molecule has 0 aromatic heterocycles. The lowest BCUT2D eigenvalue weighted by Crippen LogP contribution is -2.49. The molecule has 3 atom stereocenters. The predicted octanol–water partition coefficient (Wildman–Crippen LogP) is 3.97. The molecule has 33 heavy (non-hydrogen) atoms. The summed E-state index contributed by atoms with van der Waals surface area (Å²) in [6, 6.07) is 14.7. The topological polar surface area (TPSA) is 70.1 Å². The number of hydrogen-bond donors (Lipinski definition) is 1. The molecule has 0 spiro atoms. The third-order valence-corrected chi connectivity index (χ3v) is 8.08. The molecule has 0 radical (unpaired) electrons. The number of fused-ring (bicyclic) bond motifs is 1. The van der Waals surface area contributed by atoms with E-state index in [2.05, 4.69) is 18.9 Å². The average molecular weight is 473 g/mol. The van der Waals surface area contributed by atoms with E-state index in [9.17, 15) is 13.5 Å². The van der Waals surface area contributed by atoms with Crippen LogP contribution in [0.4, 0.5) is 0 Å². The van der Waals surface area contributed by atoms with E-state index in [4.69, 9.17) is 4.74 Å². The van der Waals surface area contributed by atoms with Crippen LogP contribution in [0.15, 0.2) is 53.4 Å². The van der Waals surface area contributed by atoms with Crippen molar-refractivity contribution in [3.8, 4) is 5.75 Å². The monoisotopic (exact) mass is 472 g/mol. The second-order valence-corrected chi connectivity index (χ2v) is 10.8. The van der Waals surface area contributed by atoms with Gasteiger partial charge in [0.1, 0.15) is 16.7 Å². The van der Waals surface area contributed by atoms with Gasteiger partial charge in [-0.25, -0.2) is 8.42 Å². The zero-order valence-corrected chi connectivity index (χ0v) is 20.8. The minimum atomic E-state index is -3.82. The van der Waals surface area contributed by atoms with Crippen LogP contribution in [0.2, 0.25) is 0 Å². The maximum atomic E-state index is 13.6. The number of rotatable bonds is 8. The van der Waals surface area contributed by atoms with Gasteiger partial charge in [0.05, 0.1) is 6.61 Å². The zero-order chi connectivity index (χ0) is 24.0. The molecule has 1 aliphatic rings. The molecule has 0 fully saturated rings. The third kappa shape index (κ3) is 6.23. The van der Waals surface area contributed by atoms with Crippen LogP contribution in [0.1, 0.15) is 38.3 Å². The SMILES string of the molecule is CCCN(C)C[C@@H]1Oc2cc(/C=C/c3ccccc3)ccc2S(=O)(=O)N([C@@H](C)CO)C[C@H]1C. The summed E-state index contributed by atoms with van der Waals surface area (Å²) in [6.07, 6.45) is 4.80. The molecule has 1 heterocycles. The highest BCUT2D eigenvalue weighted by molar-refractivity contribution is 7.89. The van der Waals surface area contributed by atoms with Crippen molar-refractivity contribution in [1.29, 1.82) is 0 Å². The summed E-state index contributed by atoms with van der Waals surface area (Å²) in [5, 5.41) is 9.76. The highest BCUT2D eigenvalue weighted by atomic mass is 32.2. The maximum absolute atomic E-state index is 13.6. The van der Waals surface area contributed by atoms with Crippen molar-refractivity contribution >= 4 is 22.2 Å². The van der Waals surface area contributed by atoms with Gasteiger partial charge in [0.15, 0.2) is 0 Å². The van der Waals surface area contributed by atoms with Crippen LogP contribution in [0.25, 0.3) is 12.2 Å². The second kappa shape index (κ2) is 11.3. The first-order valence-electron chi connectivity index (χ1n) is 11.6. The summed E-state index contributed by atoms with van der Waals surface area (Å²) in [4.78, 5) is 2.37. The number of hydrogen-bond acceptors (Lipinski definition) is 5. The molecule has 0 saturated heterocycles. The molecule has 3 rings (SSSR count). The lowest BCUT2D eigenvalue weighted by Gasteiger charge is -2.37. The molecule has 6 nitrogen and oxygen atoms in total. The Morgan fingerprint density at radius 2 is 1.88 bits per heavy atom. The third-order valence-electron chi connectivity index (χ3n) is 6.06. The molecular weight excluding hydrogens is 436 g/mol. The fourth-order valence-corrected chi connectivity index (χ4v) is 5.93. The Hall–Kier alpha value is -2.19. The number of sulfonamides is 1. The molecule has 0 aliphatic carbocycles. The number of aliphatic hydroxyl groups is 1. The van der Waals surface area contributed by atoms with E-state index in [1.54, 1.807) is 25.1 Å². The minimum Gasteiger partial charge on any atom is -0.487 e. The zero-order valence-electron chi connectivity index (χ0n) is 20.0. The van der Waals surface area contributed by atoms with Crippen LogP contribution >= 0.6 is 0 Å². The number of aliphatic hydroxyl groups excluding tert-OH is 1. The fraction of sp³-hybridized carbons (Fsp3) is 0.462. The molecule has 0 unspecified atom stereocenters. The summed E-state index contributed by atoms with van der Waals surface area (Å²) in [7, 11) is -1.76. The summed E-state index contributed by atoms with van der Waals surface area (Å²) in [5.74, 6) is 0.312. The van der Waals surface area contributed by atoms with Gasteiger partial charge >= 0.3 is 0 Å². The van der Waals surface area contributed by atoms with Crippen molar-refractivity contribution in [1.82, 2.24) is 9.21 Å². The summed E-state index contributed by atoms with van der Waals surface area (Å²) in [6.45, 7) is 7.58. The molecule has 1 N–H and O–H groups in total. The first-order valence-corrected chi connectivity index (χ1v) is 13.0. The van der Waals surface area contributed by atoms with E-state index < -0.39 is 16.1 Å². The Bertz CT molecular complexity index is 1040. The summed E-state index contributed by atoms with van der Waals surface area (Å²) < 4.78 is 34.9. The lowest BCUT2D eigenvalue weighted by atomic mass is 10.0. The first-order chi connectivity index (χ1) is 15.8. The predicted molar refractivity (Wildman–Crippen MR) is 134 cm³/mol. The van der Waals surface area contributed by atoms with Gasteiger partial charge in [-0.2, -0.15) is 4.31 Å². The van der Waals surface area contributed by atoms with Crippen molar-refractivity contribution in [2.75, 3.05) is 33.3 Å². The molecule has 7 heteroatoms. The largest absolute Gasteiger partial charge is 0.487 e. The van der Waals surface area contributed by atoms with Crippen molar-refractivity contribution in [2.24, 2.45) is 5.92 Å². The Morgan fingerprint density at radius 1 is 1.18 bits per heavy atom. The Morgan fingerprint density at radius 3 is 2.55 bits per heavy atom. The van der Waals surface area contributed by atoms with Gasteiger partial charge in [-0.3, -0.25) is 0 Å². The molecule has 0 amide bonds. The fourth-order valence-electron chi connectivity index (χ4n) is 4.10. The van der Waals surface area contributed by atoms with E-state index >= 15 is 0 Å². The van der Waals surface area contributed by atoms with E-state index in [-0.39, 0.29) is 23.5 Å². The van der Waals surface area contributed by atoms with Gasteiger partial charge in [-0.15, -0.1) is 0 Å². The molecule has 180 valence electrons. The number of ether oxygens (including phenoxy) is 1. The van der Waals surface area contributed by atoms with Gasteiger partial charge in [-0.1, -0.05) is 62.4 Å². The van der Waals surface area contributed by atoms with E-state index in [0.29, 0.717) is 18.8 Å². The van der Waals surface area contributed by atoms with Crippen molar-refractivity contribution < 1.29 is 18.3 Å². The summed E-state index contributed by atoms with van der Waals surface area (Å²) >= 11 is 0. The van der Waals surface area contributed by atoms with E-state index in [0.717, 1.165) is 24.1 Å². The highest BCUT2D eigenvalue weighted by Crippen LogP contribution is 2.34. The van der Waals surface area contributed by atoms with Crippen LogP contribution in [0.3, 0.4) is 0 Å². The minimum absolute atomic E-state index is 0.0512. The molecule has 0 bridgehead atoms. The molecular formula is C26H36N2O4S. The van der Waals surface area contributed by atoms with Crippen LogP contribution in [-0.4, -0.2) is 68.2 Å². The smallest absolute Gasteiger partial charge is 0.247 e. The average Bonchev–Trinajstić information content (AvgIpc) is 2.80. The van der Waals surface area contributed by atoms with Crippen molar-refractivity contribution in [3.05, 3.63) is 59.7 Å². The molecule has 2 aromatic rings. The normalized spacial score (nSPS) is 21.9. The van der Waals surface area contributed by atoms with Crippen molar-refractivity contribution in [3.63, 3.8) is 0 Å². The number of benzene rings is 2. The van der Waals surface area contributed by atoms with Crippen LogP contribution in [0, 0.1) is 5.92 Å². The lowest BCUT2D eigenvalue weighted by molar-refractivity contribution is 0.0752. The van der Waals surface area contributed by atoms with Gasteiger partial charge in [0.2, 0.25) is 10.0 Å². The number of nitrogens with zero attached hydrogens (tertiary/aromatic N) is 2. The van der Waals surface area contributed by atoms with E-state index in [1.165, 1.54) is 4.31 Å². The van der Waals surface area contributed by atoms with Crippen LogP contribution in [0.5, 0.6) is 5.75 Å². The van der Waals surface area contributed by atoms with Gasteiger partial charge in [-0.05, 0) is 50.2 Å². The van der Waals surface area contributed by atoms with Gasteiger partial charge in [0, 0.05) is 25.0 Å². The highest BCUT2D eigenvalue weighted by Gasteiger charge is 2.37. The maximum Gasteiger partial charge on any atom is 0.247 e. The standard InChI is InChI=1S/C26H36N2O4S/c1-5-15-27(4)18-25-20(2)17-28(21(3)19-29)33(30,31)26-14-13-23(16-24(26)32-25)12-11-22-9-7-6-8-10-22/h6-14,16,20-21,25,29H,5,15,17-19H2,1-4H3/b12-11+/t20-,21+,25+/m1/s1. The van der Waals surface area contributed by atoms with Gasteiger partial charge in [0.25, 0.3) is 0 Å². The Balaban J connectivity index is 2.03. The molecule has 1 aliphatic heterocycles. The Labute approximate surface area is 198 Å². The second-order valence-electron chi connectivity index (χ2n) is 8.95. The quantitative estimate of drug-likeness (QED) is 0.589. The molecule has 0 saturated carbocycles.